The molecule has 0 aromatic heterocycles. The summed E-state index contributed by atoms with van der Waals surface area (Å²) in [4.78, 5) is 1.15. The van der Waals surface area contributed by atoms with Crippen molar-refractivity contribution in [2.24, 2.45) is 0 Å². The Morgan fingerprint density at radius 3 is 2.59 bits per heavy atom. The maximum absolute atomic E-state index is 6.33. The normalized spacial score (nSPS) is 23.9. The lowest BCUT2D eigenvalue weighted by Crippen LogP contribution is -2.32. The number of thioether (sulfide) groups is 1. The van der Waals surface area contributed by atoms with Gasteiger partial charge < -0.3 is 5.32 Å². The zero-order valence-corrected chi connectivity index (χ0v) is 12.6. The summed E-state index contributed by atoms with van der Waals surface area (Å²) >= 11 is 14.4. The lowest BCUT2D eigenvalue weighted by Gasteiger charge is -2.32. The fraction of sp³-hybridized carbons (Fsp3) is 0.538. The first kappa shape index (κ1) is 13.5. The zero-order valence-electron chi connectivity index (χ0n) is 10.3. The van der Waals surface area contributed by atoms with E-state index in [1.54, 1.807) is 0 Å². The second-order valence-electron chi connectivity index (χ2n) is 4.81. The van der Waals surface area contributed by atoms with E-state index in [9.17, 15) is 0 Å². The maximum Gasteiger partial charge on any atom is 0.0546 e. The molecule has 2 rings (SSSR count). The number of hydrogen-bond acceptors (Lipinski definition) is 2. The van der Waals surface area contributed by atoms with Crippen LogP contribution in [0.2, 0.25) is 10.0 Å². The van der Waals surface area contributed by atoms with Crippen molar-refractivity contribution in [2.45, 2.75) is 49.4 Å². The van der Waals surface area contributed by atoms with Crippen LogP contribution in [0, 0.1) is 0 Å². The standard InChI is InChI=1S/C13H17Cl2NS/c1-7(2)16-11-6-8(3)17-13-10(15)5-4-9(14)12(11)13/h4-5,7-8,11,16H,6H2,1-3H3. The average molecular weight is 290 g/mol. The van der Waals surface area contributed by atoms with Gasteiger partial charge in [-0.3, -0.25) is 0 Å². The Bertz CT molecular complexity index is 420. The quantitative estimate of drug-likeness (QED) is 0.830. The molecule has 2 unspecified atom stereocenters. The molecule has 0 spiro atoms. The number of fused-ring (bicyclic) bond motifs is 1. The first-order chi connectivity index (χ1) is 7.99. The molecule has 1 nitrogen and oxygen atoms in total. The van der Waals surface area contributed by atoms with Gasteiger partial charge in [0.2, 0.25) is 0 Å². The summed E-state index contributed by atoms with van der Waals surface area (Å²) in [5.74, 6) is 0. The Morgan fingerprint density at radius 1 is 1.29 bits per heavy atom. The van der Waals surface area contributed by atoms with Crippen LogP contribution in [-0.2, 0) is 0 Å². The van der Waals surface area contributed by atoms with Crippen LogP contribution in [0.15, 0.2) is 17.0 Å². The van der Waals surface area contributed by atoms with Gasteiger partial charge in [0.1, 0.15) is 0 Å². The number of benzene rings is 1. The molecule has 0 radical (unpaired) electrons. The molecule has 94 valence electrons. The molecule has 0 saturated heterocycles. The molecule has 0 saturated carbocycles. The Morgan fingerprint density at radius 2 is 1.94 bits per heavy atom. The van der Waals surface area contributed by atoms with Crippen LogP contribution in [0.1, 0.15) is 38.8 Å². The largest absolute Gasteiger partial charge is 0.308 e. The summed E-state index contributed by atoms with van der Waals surface area (Å²) in [7, 11) is 0. The summed E-state index contributed by atoms with van der Waals surface area (Å²) in [6.45, 7) is 6.55. The summed E-state index contributed by atoms with van der Waals surface area (Å²) in [6.07, 6.45) is 1.09. The van der Waals surface area contributed by atoms with Gasteiger partial charge in [-0.25, -0.2) is 0 Å². The molecule has 0 amide bonds. The Hall–Kier alpha value is 0.110. The zero-order chi connectivity index (χ0) is 12.6. The predicted molar refractivity (Wildman–Crippen MR) is 77.4 cm³/mol. The van der Waals surface area contributed by atoms with Crippen LogP contribution < -0.4 is 5.32 Å². The van der Waals surface area contributed by atoms with E-state index in [2.05, 4.69) is 26.1 Å². The van der Waals surface area contributed by atoms with Gasteiger partial charge in [0, 0.05) is 32.8 Å². The van der Waals surface area contributed by atoms with Crippen LogP contribution in [0.5, 0.6) is 0 Å². The van der Waals surface area contributed by atoms with E-state index in [1.807, 2.05) is 23.9 Å². The van der Waals surface area contributed by atoms with Gasteiger partial charge in [-0.05, 0) is 18.6 Å². The molecule has 4 heteroatoms. The fourth-order valence-electron chi connectivity index (χ4n) is 2.25. The number of rotatable bonds is 2. The van der Waals surface area contributed by atoms with E-state index in [1.165, 1.54) is 5.56 Å². The molecule has 1 aliphatic rings. The van der Waals surface area contributed by atoms with E-state index >= 15 is 0 Å². The second kappa shape index (κ2) is 5.40. The van der Waals surface area contributed by atoms with Gasteiger partial charge in [-0.15, -0.1) is 11.8 Å². The van der Waals surface area contributed by atoms with Crippen molar-refractivity contribution >= 4 is 35.0 Å². The van der Waals surface area contributed by atoms with E-state index in [-0.39, 0.29) is 0 Å². The number of nitrogens with one attached hydrogen (secondary N) is 1. The highest BCUT2D eigenvalue weighted by atomic mass is 35.5. The number of halogens is 2. The molecule has 1 aromatic carbocycles. The Balaban J connectivity index is 2.44. The van der Waals surface area contributed by atoms with Gasteiger partial charge >= 0.3 is 0 Å². The van der Waals surface area contributed by atoms with Gasteiger partial charge in [-0.2, -0.15) is 0 Å². The first-order valence-corrected chi connectivity index (χ1v) is 7.53. The topological polar surface area (TPSA) is 12.0 Å². The molecular formula is C13H17Cl2NS. The van der Waals surface area contributed by atoms with Crippen molar-refractivity contribution in [3.05, 3.63) is 27.7 Å². The van der Waals surface area contributed by atoms with Crippen molar-refractivity contribution < 1.29 is 0 Å². The average Bonchev–Trinajstić information content (AvgIpc) is 2.22. The highest BCUT2D eigenvalue weighted by Crippen LogP contribution is 2.47. The third kappa shape index (κ3) is 2.93. The van der Waals surface area contributed by atoms with Crippen molar-refractivity contribution in [3.8, 4) is 0 Å². The molecule has 2 atom stereocenters. The van der Waals surface area contributed by atoms with Crippen molar-refractivity contribution in [3.63, 3.8) is 0 Å². The molecule has 0 aliphatic carbocycles. The third-order valence-corrected chi connectivity index (χ3v) is 4.89. The summed E-state index contributed by atoms with van der Waals surface area (Å²) in [6, 6.07) is 4.54. The van der Waals surface area contributed by atoms with E-state index in [0.29, 0.717) is 17.3 Å². The van der Waals surface area contributed by atoms with Gasteiger partial charge in [0.05, 0.1) is 5.02 Å². The van der Waals surface area contributed by atoms with Crippen molar-refractivity contribution in [2.75, 3.05) is 0 Å². The lowest BCUT2D eigenvalue weighted by molar-refractivity contribution is 0.442. The van der Waals surface area contributed by atoms with Crippen molar-refractivity contribution in [1.82, 2.24) is 5.32 Å². The molecule has 0 fully saturated rings. The minimum absolute atomic E-state index is 0.312. The molecule has 1 aromatic rings. The fourth-order valence-corrected chi connectivity index (χ4v) is 4.14. The molecule has 0 bridgehead atoms. The Labute approximate surface area is 117 Å². The minimum Gasteiger partial charge on any atom is -0.308 e. The highest BCUT2D eigenvalue weighted by molar-refractivity contribution is 8.00. The molecule has 1 heterocycles. The van der Waals surface area contributed by atoms with Crippen molar-refractivity contribution in [1.29, 1.82) is 0 Å². The lowest BCUT2D eigenvalue weighted by atomic mass is 10.0. The molecular weight excluding hydrogens is 273 g/mol. The van der Waals surface area contributed by atoms with Crippen LogP contribution in [0.25, 0.3) is 0 Å². The minimum atomic E-state index is 0.312. The molecule has 1 aliphatic heterocycles. The maximum atomic E-state index is 6.33. The van der Waals surface area contributed by atoms with Crippen LogP contribution in [-0.4, -0.2) is 11.3 Å². The first-order valence-electron chi connectivity index (χ1n) is 5.89. The predicted octanol–water partition coefficient (Wildman–Crippen LogP) is 4.92. The molecule has 17 heavy (non-hydrogen) atoms. The summed E-state index contributed by atoms with van der Waals surface area (Å²) < 4.78 is 0. The summed E-state index contributed by atoms with van der Waals surface area (Å²) in [5, 5.41) is 5.78. The smallest absolute Gasteiger partial charge is 0.0546 e. The van der Waals surface area contributed by atoms with Crippen LogP contribution in [0.3, 0.4) is 0 Å². The van der Waals surface area contributed by atoms with E-state index < -0.39 is 0 Å². The third-order valence-electron chi connectivity index (χ3n) is 2.86. The van der Waals surface area contributed by atoms with Gasteiger partial charge in [0.15, 0.2) is 0 Å². The van der Waals surface area contributed by atoms with Crippen LogP contribution in [0.4, 0.5) is 0 Å². The second-order valence-corrected chi connectivity index (χ2v) is 7.07. The van der Waals surface area contributed by atoms with E-state index in [4.69, 9.17) is 23.2 Å². The van der Waals surface area contributed by atoms with Crippen LogP contribution >= 0.6 is 35.0 Å². The van der Waals surface area contributed by atoms with Gasteiger partial charge in [-0.1, -0.05) is 44.0 Å². The SMILES string of the molecule is CC(C)NC1CC(C)Sc2c(Cl)ccc(Cl)c21. The highest BCUT2D eigenvalue weighted by Gasteiger charge is 2.29. The summed E-state index contributed by atoms with van der Waals surface area (Å²) in [5.41, 5.74) is 1.18. The Kier molecular flexibility index (Phi) is 4.30. The number of hydrogen-bond donors (Lipinski definition) is 1. The molecule has 1 N–H and O–H groups in total. The van der Waals surface area contributed by atoms with Gasteiger partial charge in [0.25, 0.3) is 0 Å². The van der Waals surface area contributed by atoms with E-state index in [0.717, 1.165) is 21.4 Å². The monoisotopic (exact) mass is 289 g/mol.